The summed E-state index contributed by atoms with van der Waals surface area (Å²) in [7, 11) is -3.97. The molecule has 1 N–H and O–H groups in total. The molecule has 5 nitrogen and oxygen atoms in total. The van der Waals surface area contributed by atoms with E-state index in [-0.39, 0.29) is 63.2 Å². The standard InChI is InChI=1S/C22H24F4N2O3S.CH3.Y/c1-21(9-10-21)12-19(29)18(14-32(30,31)13-17-4-2-3-11-27-17)28-20(22(24,25)26)15-5-7-16(23)8-6-15;;/h2-8,11,18,20,28H,9-10,12-14H2,1H3;1H3;/q;-1;/t18-,20?;;/m0../s1. The number of nitrogens with zero attached hydrogens (tertiary/aromatic N) is 1. The van der Waals surface area contributed by atoms with E-state index in [2.05, 4.69) is 10.3 Å². The Labute approximate surface area is 222 Å². The van der Waals surface area contributed by atoms with Crippen LogP contribution in [-0.4, -0.2) is 37.2 Å². The van der Waals surface area contributed by atoms with Crippen molar-refractivity contribution in [1.29, 1.82) is 0 Å². The van der Waals surface area contributed by atoms with Crippen molar-refractivity contribution in [2.45, 2.75) is 50.2 Å². The topological polar surface area (TPSA) is 76.1 Å². The van der Waals surface area contributed by atoms with Gasteiger partial charge in [-0.2, -0.15) is 13.2 Å². The molecule has 0 bridgehead atoms. The van der Waals surface area contributed by atoms with Gasteiger partial charge in [0.25, 0.3) is 0 Å². The van der Waals surface area contributed by atoms with Crippen LogP contribution in [-0.2, 0) is 53.1 Å². The van der Waals surface area contributed by atoms with Crippen LogP contribution in [0.3, 0.4) is 0 Å². The summed E-state index contributed by atoms with van der Waals surface area (Å²) in [4.78, 5) is 16.8. The van der Waals surface area contributed by atoms with E-state index in [4.69, 9.17) is 0 Å². The smallest absolute Gasteiger partial charge is 0.358 e. The molecule has 1 aliphatic carbocycles. The Hall–Kier alpha value is -1.23. The molecule has 0 saturated heterocycles. The Balaban J connectivity index is 0.00000289. The van der Waals surface area contributed by atoms with Crippen molar-refractivity contribution < 1.29 is 63.5 Å². The third kappa shape index (κ3) is 9.09. The molecule has 3 rings (SSSR count). The molecule has 185 valence electrons. The predicted molar refractivity (Wildman–Crippen MR) is 117 cm³/mol. The number of aromatic nitrogens is 1. The summed E-state index contributed by atoms with van der Waals surface area (Å²) in [6.07, 6.45) is -1.92. The average Bonchev–Trinajstić information content (AvgIpc) is 3.42. The Kier molecular flexibility index (Phi) is 11.0. The van der Waals surface area contributed by atoms with Gasteiger partial charge in [0.15, 0.2) is 15.6 Å². The van der Waals surface area contributed by atoms with Crippen LogP contribution in [0.1, 0.15) is 43.5 Å². The Morgan fingerprint density at radius 1 is 1.15 bits per heavy atom. The van der Waals surface area contributed by atoms with Gasteiger partial charge in [-0.25, -0.2) is 12.8 Å². The molecule has 2 atom stereocenters. The third-order valence-corrected chi connectivity index (χ3v) is 7.08. The van der Waals surface area contributed by atoms with Crippen molar-refractivity contribution in [2.75, 3.05) is 5.75 Å². The van der Waals surface area contributed by atoms with E-state index in [0.29, 0.717) is 0 Å². The molecule has 1 radical (unpaired) electrons. The second kappa shape index (κ2) is 12.1. The zero-order valence-electron chi connectivity index (χ0n) is 19.0. The van der Waals surface area contributed by atoms with Crippen molar-refractivity contribution in [2.24, 2.45) is 5.41 Å². The summed E-state index contributed by atoms with van der Waals surface area (Å²) in [5.41, 5.74) is -0.388. The van der Waals surface area contributed by atoms with Crippen molar-refractivity contribution in [3.63, 3.8) is 0 Å². The van der Waals surface area contributed by atoms with Gasteiger partial charge in [-0.1, -0.05) is 25.1 Å². The number of pyridine rings is 1. The summed E-state index contributed by atoms with van der Waals surface area (Å²) in [6, 6.07) is 4.50. The summed E-state index contributed by atoms with van der Waals surface area (Å²) in [6.45, 7) is 1.84. The number of nitrogens with one attached hydrogen (secondary N) is 1. The maximum absolute atomic E-state index is 13.8. The van der Waals surface area contributed by atoms with Gasteiger partial charge in [-0.05, 0) is 48.1 Å². The number of carbonyl (C=O) groups is 1. The van der Waals surface area contributed by atoms with Crippen LogP contribution in [0, 0.1) is 18.7 Å². The molecule has 0 amide bonds. The molecular weight excluding hydrogens is 549 g/mol. The van der Waals surface area contributed by atoms with Crippen molar-refractivity contribution >= 4 is 15.6 Å². The number of hydrogen-bond donors (Lipinski definition) is 1. The minimum atomic E-state index is -4.83. The fraction of sp³-hybridized carbons (Fsp3) is 0.435. The van der Waals surface area contributed by atoms with E-state index in [1.165, 1.54) is 12.3 Å². The van der Waals surface area contributed by atoms with Gasteiger partial charge in [0.05, 0.1) is 23.2 Å². The molecule has 11 heteroatoms. The van der Waals surface area contributed by atoms with Gasteiger partial charge >= 0.3 is 6.18 Å². The number of sulfone groups is 1. The van der Waals surface area contributed by atoms with Crippen LogP contribution in [0.2, 0.25) is 0 Å². The van der Waals surface area contributed by atoms with E-state index in [1.54, 1.807) is 12.1 Å². The van der Waals surface area contributed by atoms with Crippen LogP contribution in [0.5, 0.6) is 0 Å². The van der Waals surface area contributed by atoms with Crippen LogP contribution >= 0.6 is 0 Å². The number of rotatable bonds is 10. The molecule has 1 aromatic heterocycles. The molecule has 1 fully saturated rings. The summed E-state index contributed by atoms with van der Waals surface area (Å²) in [5.74, 6) is -2.59. The summed E-state index contributed by atoms with van der Waals surface area (Å²) in [5, 5.41) is 2.23. The van der Waals surface area contributed by atoms with Gasteiger partial charge in [0, 0.05) is 45.3 Å². The number of alkyl halides is 3. The number of carbonyl (C=O) groups excluding carboxylic acids is 1. The molecule has 1 aromatic carbocycles. The second-order valence-corrected chi connectivity index (χ2v) is 10.7. The average molecular weight is 576 g/mol. The normalized spacial score (nSPS) is 16.5. The van der Waals surface area contributed by atoms with E-state index < -0.39 is 51.2 Å². The SMILES string of the molecule is CC1(CC(=O)[C@H](CS(=O)(=O)Cc2ccccn2)NC(c2ccc(F)cc2)C(F)(F)F)CC1.[CH3-].[Y]. The molecule has 34 heavy (non-hydrogen) atoms. The molecule has 0 spiro atoms. The first-order valence-electron chi connectivity index (χ1n) is 10.1. The predicted octanol–water partition coefficient (Wildman–Crippen LogP) is 4.60. The second-order valence-electron chi connectivity index (χ2n) is 8.57. The fourth-order valence-electron chi connectivity index (χ4n) is 3.43. The summed E-state index contributed by atoms with van der Waals surface area (Å²) >= 11 is 0. The maximum atomic E-state index is 13.8. The van der Waals surface area contributed by atoms with Gasteiger partial charge in [0.1, 0.15) is 11.9 Å². The van der Waals surface area contributed by atoms with Gasteiger partial charge in [0.2, 0.25) is 0 Å². The van der Waals surface area contributed by atoms with Gasteiger partial charge < -0.3 is 7.43 Å². The van der Waals surface area contributed by atoms with Crippen LogP contribution < -0.4 is 5.32 Å². The maximum Gasteiger partial charge on any atom is 0.407 e. The largest absolute Gasteiger partial charge is 0.407 e. The third-order valence-electron chi connectivity index (χ3n) is 5.51. The van der Waals surface area contributed by atoms with Crippen molar-refractivity contribution in [3.05, 3.63) is 73.2 Å². The fourth-order valence-corrected chi connectivity index (χ4v) is 4.96. The summed E-state index contributed by atoms with van der Waals surface area (Å²) < 4.78 is 80.2. The van der Waals surface area contributed by atoms with E-state index in [1.807, 2.05) is 6.92 Å². The number of ketones is 1. The first-order valence-corrected chi connectivity index (χ1v) is 11.9. The minimum Gasteiger partial charge on any atom is -0.358 e. The van der Waals surface area contributed by atoms with E-state index in [0.717, 1.165) is 37.1 Å². The minimum absolute atomic E-state index is 0. The Morgan fingerprint density at radius 2 is 1.76 bits per heavy atom. The number of halogens is 4. The van der Waals surface area contributed by atoms with Crippen molar-refractivity contribution in [3.8, 4) is 0 Å². The zero-order valence-corrected chi connectivity index (χ0v) is 22.6. The molecule has 1 saturated carbocycles. The quantitative estimate of drug-likeness (QED) is 0.331. The molecule has 1 heterocycles. The van der Waals surface area contributed by atoms with Crippen LogP contribution in [0.15, 0.2) is 48.7 Å². The number of hydrogen-bond acceptors (Lipinski definition) is 5. The van der Waals surface area contributed by atoms with Crippen molar-refractivity contribution in [1.82, 2.24) is 10.3 Å². The first kappa shape index (κ1) is 30.8. The van der Waals surface area contributed by atoms with Gasteiger partial charge in [-0.15, -0.1) is 0 Å². The van der Waals surface area contributed by atoms with Gasteiger partial charge in [-0.3, -0.25) is 15.1 Å². The molecule has 2 aromatic rings. The molecule has 0 aliphatic heterocycles. The monoisotopic (exact) mass is 576 g/mol. The Morgan fingerprint density at radius 3 is 2.26 bits per heavy atom. The molecule has 1 aliphatic rings. The Bertz CT molecular complexity index is 1040. The van der Waals surface area contributed by atoms with E-state index >= 15 is 0 Å². The number of benzene rings is 1. The van der Waals surface area contributed by atoms with E-state index in [9.17, 15) is 30.8 Å². The molecule has 1 unspecified atom stereocenters. The zero-order chi connectivity index (χ0) is 23.6. The molecular formula is C23H27F4N2O3SY-. The first-order chi connectivity index (χ1) is 14.9. The van der Waals surface area contributed by atoms with Crippen LogP contribution in [0.4, 0.5) is 17.6 Å². The van der Waals surface area contributed by atoms with Crippen LogP contribution in [0.25, 0.3) is 0 Å². The number of Topliss-reactive ketones (excluding diaryl/α,β-unsaturated/α-hetero) is 1.